The van der Waals surface area contributed by atoms with Crippen LogP contribution in [0.4, 0.5) is 11.9 Å². The summed E-state index contributed by atoms with van der Waals surface area (Å²) >= 11 is 0. The molecule has 6 heteroatoms. The smallest absolute Gasteiger partial charge is 0.323 e. The Hall–Kier alpha value is -1.59. The molecule has 0 amide bonds. The van der Waals surface area contributed by atoms with Crippen LogP contribution in [0, 0.1) is 5.92 Å². The van der Waals surface area contributed by atoms with Gasteiger partial charge >= 0.3 is 6.01 Å². The fraction of sp³-hybridized carbons (Fsp3) is 0.800. The molecule has 1 heterocycles. The van der Waals surface area contributed by atoms with E-state index in [4.69, 9.17) is 4.74 Å². The Bertz CT molecular complexity index is 425. The highest BCUT2D eigenvalue weighted by Gasteiger charge is 2.17. The third-order valence-electron chi connectivity index (χ3n) is 3.16. The minimum atomic E-state index is 0.362. The van der Waals surface area contributed by atoms with E-state index in [1.54, 1.807) is 0 Å². The van der Waals surface area contributed by atoms with Crippen LogP contribution in [-0.4, -0.2) is 41.2 Å². The highest BCUT2D eigenvalue weighted by atomic mass is 16.5. The topological polar surface area (TPSA) is 63.2 Å². The zero-order valence-electron chi connectivity index (χ0n) is 14.2. The third kappa shape index (κ3) is 5.73. The molecule has 120 valence electrons. The fourth-order valence-corrected chi connectivity index (χ4v) is 2.04. The van der Waals surface area contributed by atoms with E-state index in [9.17, 15) is 0 Å². The van der Waals surface area contributed by atoms with E-state index < -0.39 is 0 Å². The van der Waals surface area contributed by atoms with Crippen molar-refractivity contribution in [1.82, 2.24) is 15.0 Å². The summed E-state index contributed by atoms with van der Waals surface area (Å²) in [5.74, 6) is 1.85. The van der Waals surface area contributed by atoms with Gasteiger partial charge in [-0.15, -0.1) is 0 Å². The van der Waals surface area contributed by atoms with Gasteiger partial charge in [0.25, 0.3) is 0 Å². The van der Waals surface area contributed by atoms with Gasteiger partial charge in [0.05, 0.1) is 6.61 Å². The summed E-state index contributed by atoms with van der Waals surface area (Å²) in [7, 11) is 2.02. The van der Waals surface area contributed by atoms with Crippen LogP contribution >= 0.6 is 0 Å². The third-order valence-corrected chi connectivity index (χ3v) is 3.16. The predicted octanol–water partition coefficient (Wildman–Crippen LogP) is 2.96. The van der Waals surface area contributed by atoms with Crippen molar-refractivity contribution < 1.29 is 4.74 Å². The Morgan fingerprint density at radius 2 is 1.86 bits per heavy atom. The maximum atomic E-state index is 5.56. The van der Waals surface area contributed by atoms with Gasteiger partial charge in [0.15, 0.2) is 0 Å². The quantitative estimate of drug-likeness (QED) is 0.755. The molecule has 6 nitrogen and oxygen atoms in total. The fourth-order valence-electron chi connectivity index (χ4n) is 2.04. The van der Waals surface area contributed by atoms with Gasteiger partial charge in [-0.3, -0.25) is 0 Å². The lowest BCUT2D eigenvalue weighted by atomic mass is 10.0. The molecule has 0 aromatic carbocycles. The first-order chi connectivity index (χ1) is 9.97. The Morgan fingerprint density at radius 1 is 1.14 bits per heavy atom. The van der Waals surface area contributed by atoms with E-state index in [1.807, 2.05) is 14.0 Å². The first-order valence-corrected chi connectivity index (χ1v) is 7.83. The molecule has 1 aromatic rings. The van der Waals surface area contributed by atoms with Crippen LogP contribution in [0.5, 0.6) is 6.01 Å². The largest absolute Gasteiger partial charge is 0.463 e. The average Bonchev–Trinajstić information content (AvgIpc) is 2.43. The van der Waals surface area contributed by atoms with E-state index >= 15 is 0 Å². The summed E-state index contributed by atoms with van der Waals surface area (Å²) in [6, 6.07) is 0.752. The molecule has 21 heavy (non-hydrogen) atoms. The van der Waals surface area contributed by atoms with Gasteiger partial charge in [-0.2, -0.15) is 15.0 Å². The van der Waals surface area contributed by atoms with Crippen molar-refractivity contribution in [2.75, 3.05) is 30.4 Å². The standard InChI is InChI=1S/C15H29N5O/c1-7-9-21-15-18-13(16-8-2)17-14(19-15)20(6)12(5)10-11(3)4/h11-12H,7-10H2,1-6H3,(H,16,17,18,19). The number of hydrogen-bond acceptors (Lipinski definition) is 6. The van der Waals surface area contributed by atoms with E-state index in [1.165, 1.54) is 0 Å². The number of nitrogens with zero attached hydrogens (tertiary/aromatic N) is 4. The van der Waals surface area contributed by atoms with Crippen LogP contribution in [0.15, 0.2) is 0 Å². The first-order valence-electron chi connectivity index (χ1n) is 7.83. The summed E-state index contributed by atoms with van der Waals surface area (Å²) in [6.45, 7) is 12.1. The molecule has 0 fully saturated rings. The highest BCUT2D eigenvalue weighted by Crippen LogP contribution is 2.19. The molecular weight excluding hydrogens is 266 g/mol. The molecule has 1 rings (SSSR count). The Labute approximate surface area is 128 Å². The van der Waals surface area contributed by atoms with Crippen LogP contribution in [-0.2, 0) is 0 Å². The number of rotatable bonds is 9. The number of hydrogen-bond donors (Lipinski definition) is 1. The highest BCUT2D eigenvalue weighted by molar-refractivity contribution is 5.38. The Balaban J connectivity index is 2.94. The lowest BCUT2D eigenvalue weighted by Gasteiger charge is -2.26. The second kappa shape index (κ2) is 8.64. The molecule has 0 aliphatic carbocycles. The molecule has 0 bridgehead atoms. The zero-order chi connectivity index (χ0) is 15.8. The maximum Gasteiger partial charge on any atom is 0.323 e. The second-order valence-electron chi connectivity index (χ2n) is 5.71. The van der Waals surface area contributed by atoms with Crippen molar-refractivity contribution in [1.29, 1.82) is 0 Å². The minimum Gasteiger partial charge on any atom is -0.463 e. The van der Waals surface area contributed by atoms with E-state index in [-0.39, 0.29) is 0 Å². The predicted molar refractivity (Wildman–Crippen MR) is 87.1 cm³/mol. The van der Waals surface area contributed by atoms with Crippen LogP contribution in [0.1, 0.15) is 47.5 Å². The molecule has 1 atom stereocenters. The summed E-state index contributed by atoms with van der Waals surface area (Å²) in [4.78, 5) is 15.3. The van der Waals surface area contributed by atoms with Gasteiger partial charge in [-0.25, -0.2) is 0 Å². The maximum absolute atomic E-state index is 5.56. The summed E-state index contributed by atoms with van der Waals surface area (Å²) in [5.41, 5.74) is 0. The monoisotopic (exact) mass is 295 g/mol. The molecule has 0 aliphatic heterocycles. The summed E-state index contributed by atoms with van der Waals surface area (Å²) < 4.78 is 5.56. The van der Waals surface area contributed by atoms with Gasteiger partial charge in [0.1, 0.15) is 0 Å². The summed E-state index contributed by atoms with van der Waals surface area (Å²) in [6.07, 6.45) is 2.01. The molecule has 1 aromatic heterocycles. The Kier molecular flexibility index (Phi) is 7.19. The molecule has 0 aliphatic rings. The molecule has 1 N–H and O–H groups in total. The zero-order valence-corrected chi connectivity index (χ0v) is 14.2. The van der Waals surface area contributed by atoms with Crippen molar-refractivity contribution in [2.24, 2.45) is 5.92 Å². The van der Waals surface area contributed by atoms with Crippen molar-refractivity contribution in [3.05, 3.63) is 0 Å². The normalized spacial score (nSPS) is 12.3. The molecule has 1 unspecified atom stereocenters. The van der Waals surface area contributed by atoms with Crippen molar-refractivity contribution >= 4 is 11.9 Å². The average molecular weight is 295 g/mol. The number of nitrogens with one attached hydrogen (secondary N) is 1. The van der Waals surface area contributed by atoms with Crippen LogP contribution < -0.4 is 15.0 Å². The van der Waals surface area contributed by atoms with E-state index in [0.717, 1.165) is 19.4 Å². The van der Waals surface area contributed by atoms with Gasteiger partial charge in [0, 0.05) is 19.6 Å². The van der Waals surface area contributed by atoms with Crippen molar-refractivity contribution in [3.63, 3.8) is 0 Å². The Morgan fingerprint density at radius 3 is 2.43 bits per heavy atom. The molecule has 0 saturated carbocycles. The molecule has 0 saturated heterocycles. The van der Waals surface area contributed by atoms with Crippen molar-refractivity contribution in [3.8, 4) is 6.01 Å². The van der Waals surface area contributed by atoms with Crippen LogP contribution in [0.2, 0.25) is 0 Å². The molecule has 0 radical (unpaired) electrons. The number of ether oxygens (including phenoxy) is 1. The van der Waals surface area contributed by atoms with Gasteiger partial charge < -0.3 is 15.0 Å². The minimum absolute atomic E-state index is 0.362. The van der Waals surface area contributed by atoms with Gasteiger partial charge in [-0.05, 0) is 32.6 Å². The SMILES string of the molecule is CCCOc1nc(NCC)nc(N(C)C(C)CC(C)C)n1. The van der Waals surface area contributed by atoms with E-state index in [0.29, 0.717) is 36.5 Å². The van der Waals surface area contributed by atoms with Crippen LogP contribution in [0.25, 0.3) is 0 Å². The van der Waals surface area contributed by atoms with Gasteiger partial charge in [0.2, 0.25) is 11.9 Å². The van der Waals surface area contributed by atoms with Crippen LogP contribution in [0.3, 0.4) is 0 Å². The van der Waals surface area contributed by atoms with Crippen molar-refractivity contribution in [2.45, 2.75) is 53.5 Å². The first kappa shape index (κ1) is 17.5. The number of anilines is 2. The van der Waals surface area contributed by atoms with Gasteiger partial charge in [-0.1, -0.05) is 20.8 Å². The second-order valence-corrected chi connectivity index (χ2v) is 5.71. The lowest BCUT2D eigenvalue weighted by Crippen LogP contribution is -2.32. The molecule has 0 spiro atoms. The van der Waals surface area contributed by atoms with E-state index in [2.05, 4.69) is 52.9 Å². The molecular formula is C15H29N5O. The number of aromatic nitrogens is 3. The summed E-state index contributed by atoms with van der Waals surface area (Å²) in [5, 5.41) is 3.13. The lowest BCUT2D eigenvalue weighted by molar-refractivity contribution is 0.291.